The molecule has 2 amide bonds. The van der Waals surface area contributed by atoms with Crippen molar-refractivity contribution in [1.29, 1.82) is 0 Å². The molecule has 2 aromatic rings. The number of carbonyl (C=O) groups excluding carboxylic acids is 2. The van der Waals surface area contributed by atoms with E-state index in [9.17, 15) is 31.5 Å². The highest BCUT2D eigenvalue weighted by atomic mass is 19.4. The zero-order chi connectivity index (χ0) is 20.5. The predicted octanol–water partition coefficient (Wildman–Crippen LogP) is 4.89. The fourth-order valence-electron chi connectivity index (χ4n) is 2.75. The third-order valence-corrected chi connectivity index (χ3v) is 4.59. The van der Waals surface area contributed by atoms with Gasteiger partial charge in [0.1, 0.15) is 11.5 Å². The van der Waals surface area contributed by atoms with Crippen molar-refractivity contribution in [3.05, 3.63) is 59.7 Å². The normalized spacial score (nSPS) is 15.0. The summed E-state index contributed by atoms with van der Waals surface area (Å²) in [6.45, 7) is 0. The Hall–Kier alpha value is -2.97. The second-order valence-corrected chi connectivity index (χ2v) is 6.61. The van der Waals surface area contributed by atoms with Crippen LogP contribution >= 0.6 is 0 Å². The average molecular weight is 398 g/mol. The summed E-state index contributed by atoms with van der Waals surface area (Å²) < 4.78 is 67.3. The summed E-state index contributed by atoms with van der Waals surface area (Å²) in [5.41, 5.74) is -3.24. The summed E-state index contributed by atoms with van der Waals surface area (Å²) in [5.74, 6) is -4.27. The lowest BCUT2D eigenvalue weighted by atomic mass is 10.0. The van der Waals surface area contributed by atoms with Crippen molar-refractivity contribution in [2.24, 2.45) is 5.41 Å². The summed E-state index contributed by atoms with van der Waals surface area (Å²) in [6, 6.07) is 9.58. The van der Waals surface area contributed by atoms with E-state index in [1.807, 2.05) is 5.32 Å². The van der Waals surface area contributed by atoms with E-state index >= 15 is 0 Å². The molecule has 148 valence electrons. The van der Waals surface area contributed by atoms with Gasteiger partial charge in [-0.1, -0.05) is 18.2 Å². The molecule has 0 radical (unpaired) electrons. The Morgan fingerprint density at radius 1 is 0.964 bits per heavy atom. The first kappa shape index (κ1) is 19.8. The van der Waals surface area contributed by atoms with Crippen LogP contribution < -0.4 is 10.6 Å². The zero-order valence-corrected chi connectivity index (χ0v) is 14.4. The summed E-state index contributed by atoms with van der Waals surface area (Å²) in [6.07, 6.45) is -5.90. The molecule has 2 aromatic carbocycles. The molecular formula is C19H15F5N2O2. The van der Waals surface area contributed by atoms with E-state index in [-0.39, 0.29) is 18.4 Å². The summed E-state index contributed by atoms with van der Waals surface area (Å²) in [5, 5.41) is 4.10. The zero-order valence-electron chi connectivity index (χ0n) is 14.4. The van der Waals surface area contributed by atoms with Gasteiger partial charge in [-0.3, -0.25) is 9.59 Å². The minimum Gasteiger partial charge on any atom is -0.321 e. The van der Waals surface area contributed by atoms with Crippen LogP contribution in [0.5, 0.6) is 0 Å². The van der Waals surface area contributed by atoms with Crippen molar-refractivity contribution < 1.29 is 31.5 Å². The third kappa shape index (κ3) is 3.97. The molecular weight excluding hydrogens is 383 g/mol. The van der Waals surface area contributed by atoms with Gasteiger partial charge in [-0.25, -0.2) is 8.78 Å². The molecule has 0 unspecified atom stereocenters. The van der Waals surface area contributed by atoms with Crippen LogP contribution in [0, 0.1) is 17.0 Å². The van der Waals surface area contributed by atoms with E-state index in [0.29, 0.717) is 0 Å². The number of hydrogen-bond donors (Lipinski definition) is 2. The second kappa shape index (κ2) is 7.21. The molecule has 2 N–H and O–H groups in total. The number of anilines is 2. The van der Waals surface area contributed by atoms with Gasteiger partial charge >= 0.3 is 6.18 Å². The molecule has 0 saturated heterocycles. The molecule has 0 aliphatic heterocycles. The minimum absolute atomic E-state index is 0.206. The largest absolute Gasteiger partial charge is 0.395 e. The van der Waals surface area contributed by atoms with Crippen LogP contribution in [0.3, 0.4) is 0 Å². The Morgan fingerprint density at radius 3 is 2.18 bits per heavy atom. The molecule has 9 heteroatoms. The van der Waals surface area contributed by atoms with E-state index < -0.39 is 52.8 Å². The smallest absolute Gasteiger partial charge is 0.321 e. The summed E-state index contributed by atoms with van der Waals surface area (Å²) in [7, 11) is 0. The molecule has 1 saturated carbocycles. The lowest BCUT2D eigenvalue weighted by Gasteiger charge is -2.19. The molecule has 0 bridgehead atoms. The summed E-state index contributed by atoms with van der Waals surface area (Å²) >= 11 is 0. The monoisotopic (exact) mass is 398 g/mol. The van der Waals surface area contributed by atoms with Crippen molar-refractivity contribution in [2.45, 2.75) is 25.4 Å². The molecule has 0 spiro atoms. The molecule has 0 heterocycles. The first-order chi connectivity index (χ1) is 13.1. The van der Waals surface area contributed by atoms with Gasteiger partial charge in [-0.05, 0) is 37.1 Å². The minimum atomic E-state index is -4.56. The van der Waals surface area contributed by atoms with Gasteiger partial charge in [0.2, 0.25) is 5.91 Å². The fraction of sp³-hybridized carbons (Fsp3) is 0.263. The Morgan fingerprint density at radius 2 is 1.61 bits per heavy atom. The van der Waals surface area contributed by atoms with Gasteiger partial charge in [0.15, 0.2) is 5.82 Å². The van der Waals surface area contributed by atoms with Crippen LogP contribution in [-0.2, 0) is 4.79 Å². The summed E-state index contributed by atoms with van der Waals surface area (Å²) in [4.78, 5) is 24.0. The van der Waals surface area contributed by atoms with E-state index in [1.165, 1.54) is 12.1 Å². The number of carbonyl (C=O) groups is 2. The highest BCUT2D eigenvalue weighted by Gasteiger charge is 2.63. The van der Waals surface area contributed by atoms with Gasteiger partial charge in [-0.15, -0.1) is 0 Å². The van der Waals surface area contributed by atoms with Gasteiger partial charge < -0.3 is 10.6 Å². The number of halogens is 5. The molecule has 3 rings (SSSR count). The highest BCUT2D eigenvalue weighted by molar-refractivity contribution is 6.04. The van der Waals surface area contributed by atoms with Crippen LogP contribution in [0.25, 0.3) is 0 Å². The third-order valence-electron chi connectivity index (χ3n) is 4.59. The van der Waals surface area contributed by atoms with Crippen molar-refractivity contribution in [1.82, 2.24) is 0 Å². The number of benzene rings is 2. The van der Waals surface area contributed by atoms with Gasteiger partial charge in [0.25, 0.3) is 5.91 Å². The first-order valence-electron chi connectivity index (χ1n) is 8.34. The second-order valence-electron chi connectivity index (χ2n) is 6.61. The number of rotatable bonds is 5. The Bertz CT molecular complexity index is 909. The first-order valence-corrected chi connectivity index (χ1v) is 8.34. The van der Waals surface area contributed by atoms with Crippen LogP contribution in [0.4, 0.5) is 33.3 Å². The highest BCUT2D eigenvalue weighted by Crippen LogP contribution is 2.60. The molecule has 0 aromatic heterocycles. The molecule has 4 nitrogen and oxygen atoms in total. The Balaban J connectivity index is 1.76. The topological polar surface area (TPSA) is 58.2 Å². The number of alkyl halides is 3. The quantitative estimate of drug-likeness (QED) is 0.705. The van der Waals surface area contributed by atoms with Crippen molar-refractivity contribution in [2.75, 3.05) is 10.6 Å². The Kier molecular flexibility index (Phi) is 5.10. The predicted molar refractivity (Wildman–Crippen MR) is 91.7 cm³/mol. The lowest BCUT2D eigenvalue weighted by molar-refractivity contribution is -0.189. The van der Waals surface area contributed by atoms with Gasteiger partial charge in [-0.2, -0.15) is 13.2 Å². The van der Waals surface area contributed by atoms with Crippen LogP contribution in [0.1, 0.15) is 29.6 Å². The molecule has 1 aliphatic rings. The number of nitrogens with one attached hydrogen (secondary N) is 2. The number of amides is 2. The Labute approximate surface area is 156 Å². The fourth-order valence-corrected chi connectivity index (χ4v) is 2.75. The molecule has 1 fully saturated rings. The SMILES string of the molecule is O=C(CC1(C(F)(F)F)CC1)Nc1c(F)ccc(NC(=O)c2ccccc2)c1F. The van der Waals surface area contributed by atoms with Crippen LogP contribution in [-0.4, -0.2) is 18.0 Å². The van der Waals surface area contributed by atoms with E-state index in [2.05, 4.69) is 5.32 Å². The van der Waals surface area contributed by atoms with Crippen molar-refractivity contribution >= 4 is 23.2 Å². The van der Waals surface area contributed by atoms with E-state index in [1.54, 1.807) is 18.2 Å². The van der Waals surface area contributed by atoms with E-state index in [4.69, 9.17) is 0 Å². The maximum Gasteiger partial charge on any atom is 0.395 e. The molecule has 0 atom stereocenters. The standard InChI is InChI=1S/C19H15F5N2O2/c20-12-6-7-13(25-17(28)11-4-2-1-3-5-11)15(21)16(12)26-14(27)10-18(8-9-18)19(22,23)24/h1-7H,8-10H2,(H,25,28)(H,26,27). The lowest BCUT2D eigenvalue weighted by Crippen LogP contribution is -2.30. The van der Waals surface area contributed by atoms with E-state index in [0.717, 1.165) is 12.1 Å². The maximum absolute atomic E-state index is 14.6. The van der Waals surface area contributed by atoms with Crippen LogP contribution in [0.2, 0.25) is 0 Å². The van der Waals surface area contributed by atoms with Crippen LogP contribution in [0.15, 0.2) is 42.5 Å². The average Bonchev–Trinajstić information content (AvgIpc) is 3.42. The van der Waals surface area contributed by atoms with Crippen molar-refractivity contribution in [3.63, 3.8) is 0 Å². The molecule has 28 heavy (non-hydrogen) atoms. The van der Waals surface area contributed by atoms with Gasteiger partial charge in [0, 0.05) is 12.0 Å². The van der Waals surface area contributed by atoms with Gasteiger partial charge in [0.05, 0.1) is 11.1 Å². The van der Waals surface area contributed by atoms with Crippen molar-refractivity contribution in [3.8, 4) is 0 Å². The number of hydrogen-bond acceptors (Lipinski definition) is 2. The maximum atomic E-state index is 14.6. The molecule has 1 aliphatic carbocycles.